The summed E-state index contributed by atoms with van der Waals surface area (Å²) in [6.45, 7) is 0.471. The molecule has 18 heavy (non-hydrogen) atoms. The van der Waals surface area contributed by atoms with E-state index >= 15 is 0 Å². The second kappa shape index (κ2) is 5.93. The highest BCUT2D eigenvalue weighted by Gasteiger charge is 2.00. The van der Waals surface area contributed by atoms with Crippen LogP contribution in [0.25, 0.3) is 0 Å². The second-order valence-electron chi connectivity index (χ2n) is 3.67. The fourth-order valence-corrected chi connectivity index (χ4v) is 1.96. The highest BCUT2D eigenvalue weighted by molar-refractivity contribution is 9.10. The maximum Gasteiger partial charge on any atom is 0.213 e. The van der Waals surface area contributed by atoms with Crippen LogP contribution in [-0.2, 0) is 6.61 Å². The molecular formula is C13H11BrN2OS. The summed E-state index contributed by atoms with van der Waals surface area (Å²) in [6, 6.07) is 11.5. The molecule has 1 aromatic heterocycles. The van der Waals surface area contributed by atoms with Gasteiger partial charge in [-0.2, -0.15) is 0 Å². The summed E-state index contributed by atoms with van der Waals surface area (Å²) in [7, 11) is 0. The monoisotopic (exact) mass is 322 g/mol. The lowest BCUT2D eigenvalue weighted by Crippen LogP contribution is -2.09. The van der Waals surface area contributed by atoms with Crippen molar-refractivity contribution in [3.63, 3.8) is 0 Å². The Morgan fingerprint density at radius 2 is 2.17 bits per heavy atom. The third-order valence-electron chi connectivity index (χ3n) is 2.30. The Morgan fingerprint density at radius 3 is 2.78 bits per heavy atom. The van der Waals surface area contributed by atoms with Crippen LogP contribution in [0.3, 0.4) is 0 Å². The van der Waals surface area contributed by atoms with E-state index in [1.807, 2.05) is 24.3 Å². The van der Waals surface area contributed by atoms with Gasteiger partial charge in [0.15, 0.2) is 0 Å². The van der Waals surface area contributed by atoms with Gasteiger partial charge in [-0.1, -0.05) is 40.3 Å². The first-order valence-corrected chi connectivity index (χ1v) is 6.48. The lowest BCUT2D eigenvalue weighted by atomic mass is 10.2. The average molecular weight is 323 g/mol. The van der Waals surface area contributed by atoms with Gasteiger partial charge in [0.2, 0.25) is 5.88 Å². The Morgan fingerprint density at radius 1 is 1.33 bits per heavy atom. The molecular weight excluding hydrogens is 312 g/mol. The van der Waals surface area contributed by atoms with Crippen LogP contribution in [0, 0.1) is 0 Å². The Labute approximate surface area is 119 Å². The Hall–Kier alpha value is -1.46. The Balaban J connectivity index is 2.00. The van der Waals surface area contributed by atoms with Gasteiger partial charge in [-0.05, 0) is 23.8 Å². The number of nitrogens with two attached hydrogens (primary N) is 1. The van der Waals surface area contributed by atoms with Crippen LogP contribution in [-0.4, -0.2) is 9.97 Å². The topological polar surface area (TPSA) is 48.1 Å². The summed E-state index contributed by atoms with van der Waals surface area (Å²) in [6.07, 6.45) is 1.61. The second-order valence-corrected chi connectivity index (χ2v) is 5.02. The van der Waals surface area contributed by atoms with E-state index in [9.17, 15) is 0 Å². The van der Waals surface area contributed by atoms with Gasteiger partial charge in [0, 0.05) is 22.3 Å². The van der Waals surface area contributed by atoms with E-state index in [1.165, 1.54) is 0 Å². The molecule has 0 bridgehead atoms. The van der Waals surface area contributed by atoms with Crippen LogP contribution in [0.5, 0.6) is 5.88 Å². The number of hydrogen-bond donors (Lipinski definition) is 1. The minimum Gasteiger partial charge on any atom is -0.473 e. The maximum atomic E-state index is 5.57. The molecule has 0 saturated carbocycles. The summed E-state index contributed by atoms with van der Waals surface area (Å²) >= 11 is 8.27. The molecule has 0 aliphatic heterocycles. The first-order chi connectivity index (χ1) is 8.65. The largest absolute Gasteiger partial charge is 0.473 e. The summed E-state index contributed by atoms with van der Waals surface area (Å²) in [5.41, 5.74) is 7.30. The molecule has 0 aliphatic rings. The maximum absolute atomic E-state index is 5.57. The molecule has 3 nitrogen and oxygen atoms in total. The molecule has 1 aromatic carbocycles. The summed E-state index contributed by atoms with van der Waals surface area (Å²) in [4.78, 5) is 4.47. The van der Waals surface area contributed by atoms with Crippen molar-refractivity contribution in [3.05, 3.63) is 58.2 Å². The number of pyridine rings is 1. The van der Waals surface area contributed by atoms with Crippen molar-refractivity contribution < 1.29 is 4.74 Å². The number of aromatic nitrogens is 1. The average Bonchev–Trinajstić information content (AvgIpc) is 2.37. The molecule has 0 amide bonds. The summed E-state index contributed by atoms with van der Waals surface area (Å²) < 4.78 is 6.59. The minimum atomic E-state index is 0.334. The van der Waals surface area contributed by atoms with Crippen LogP contribution in [0.2, 0.25) is 0 Å². The van der Waals surface area contributed by atoms with Gasteiger partial charge in [-0.15, -0.1) is 0 Å². The number of ether oxygens (including phenoxy) is 1. The standard InChI is InChI=1S/C13H11BrN2OS/c14-11-3-1-2-9(6-11)8-17-12-5-4-10(7-16-12)13(15)18/h1-7H,8H2,(H2,15,18). The van der Waals surface area contributed by atoms with Gasteiger partial charge in [0.1, 0.15) is 11.6 Å². The van der Waals surface area contributed by atoms with Gasteiger partial charge in [0.25, 0.3) is 0 Å². The van der Waals surface area contributed by atoms with E-state index in [0.29, 0.717) is 17.5 Å². The number of rotatable bonds is 4. The van der Waals surface area contributed by atoms with Gasteiger partial charge in [-0.25, -0.2) is 4.98 Å². The van der Waals surface area contributed by atoms with Gasteiger partial charge in [0.05, 0.1) is 0 Å². The molecule has 0 aliphatic carbocycles. The van der Waals surface area contributed by atoms with E-state index in [4.69, 9.17) is 22.7 Å². The van der Waals surface area contributed by atoms with Crippen molar-refractivity contribution in [2.45, 2.75) is 6.61 Å². The molecule has 2 N–H and O–H groups in total. The Kier molecular flexibility index (Phi) is 4.28. The fourth-order valence-electron chi connectivity index (χ4n) is 1.40. The first kappa shape index (κ1) is 13.0. The zero-order valence-corrected chi connectivity index (χ0v) is 11.9. The van der Waals surface area contributed by atoms with Crippen LogP contribution in [0.15, 0.2) is 47.1 Å². The zero-order valence-electron chi connectivity index (χ0n) is 9.47. The molecule has 0 unspecified atom stereocenters. The van der Waals surface area contributed by atoms with Crippen LogP contribution < -0.4 is 10.5 Å². The summed E-state index contributed by atoms with van der Waals surface area (Å²) in [5.74, 6) is 0.551. The smallest absolute Gasteiger partial charge is 0.213 e. The van der Waals surface area contributed by atoms with Crippen molar-refractivity contribution in [1.82, 2.24) is 4.98 Å². The van der Waals surface area contributed by atoms with E-state index in [2.05, 4.69) is 20.9 Å². The predicted molar refractivity (Wildman–Crippen MR) is 78.6 cm³/mol. The summed E-state index contributed by atoms with van der Waals surface area (Å²) in [5, 5.41) is 0. The SMILES string of the molecule is NC(=S)c1ccc(OCc2cccc(Br)c2)nc1. The van der Waals surface area contributed by atoms with Crippen molar-refractivity contribution in [2.75, 3.05) is 0 Å². The molecule has 0 fully saturated rings. The van der Waals surface area contributed by atoms with E-state index in [1.54, 1.807) is 18.3 Å². The van der Waals surface area contributed by atoms with Gasteiger partial charge >= 0.3 is 0 Å². The molecule has 5 heteroatoms. The minimum absolute atomic E-state index is 0.334. The third kappa shape index (κ3) is 3.51. The number of halogens is 1. The van der Waals surface area contributed by atoms with Crippen LogP contribution >= 0.6 is 28.1 Å². The van der Waals surface area contributed by atoms with Crippen molar-refractivity contribution in [2.24, 2.45) is 5.73 Å². The quantitative estimate of drug-likeness (QED) is 0.879. The van der Waals surface area contributed by atoms with E-state index in [0.717, 1.165) is 15.6 Å². The van der Waals surface area contributed by atoms with Gasteiger partial charge < -0.3 is 10.5 Å². The zero-order chi connectivity index (χ0) is 13.0. The van der Waals surface area contributed by atoms with Crippen molar-refractivity contribution in [3.8, 4) is 5.88 Å². The first-order valence-electron chi connectivity index (χ1n) is 5.28. The Bertz CT molecular complexity index is 557. The van der Waals surface area contributed by atoms with E-state index in [-0.39, 0.29) is 0 Å². The molecule has 0 spiro atoms. The predicted octanol–water partition coefficient (Wildman–Crippen LogP) is 3.06. The number of hydrogen-bond acceptors (Lipinski definition) is 3. The molecule has 0 radical (unpaired) electrons. The molecule has 0 atom stereocenters. The molecule has 92 valence electrons. The van der Waals surface area contributed by atoms with Crippen LogP contribution in [0.4, 0.5) is 0 Å². The normalized spacial score (nSPS) is 10.1. The molecule has 1 heterocycles. The van der Waals surface area contributed by atoms with Crippen molar-refractivity contribution >= 4 is 33.1 Å². The third-order valence-corrected chi connectivity index (χ3v) is 3.03. The highest BCUT2D eigenvalue weighted by atomic mass is 79.9. The lowest BCUT2D eigenvalue weighted by Gasteiger charge is -2.06. The molecule has 0 saturated heterocycles. The van der Waals surface area contributed by atoms with Crippen molar-refractivity contribution in [1.29, 1.82) is 0 Å². The van der Waals surface area contributed by atoms with Crippen LogP contribution in [0.1, 0.15) is 11.1 Å². The fraction of sp³-hybridized carbons (Fsp3) is 0.0769. The number of thiocarbonyl (C=S) groups is 1. The number of benzene rings is 1. The highest BCUT2D eigenvalue weighted by Crippen LogP contribution is 2.14. The van der Waals surface area contributed by atoms with Gasteiger partial charge in [-0.3, -0.25) is 0 Å². The van der Waals surface area contributed by atoms with E-state index < -0.39 is 0 Å². The molecule has 2 aromatic rings. The number of nitrogens with zero attached hydrogens (tertiary/aromatic N) is 1. The lowest BCUT2D eigenvalue weighted by molar-refractivity contribution is 0.294. The molecule has 2 rings (SSSR count).